The Morgan fingerprint density at radius 2 is 2.00 bits per heavy atom. The maximum atomic E-state index is 12.0. The first-order chi connectivity index (χ1) is 9.72. The number of benzene rings is 1. The van der Waals surface area contributed by atoms with Gasteiger partial charge in [-0.15, -0.1) is 0 Å². The van der Waals surface area contributed by atoms with Crippen LogP contribution < -0.4 is 4.74 Å². The summed E-state index contributed by atoms with van der Waals surface area (Å²) >= 11 is 0. The quantitative estimate of drug-likeness (QED) is 0.910. The van der Waals surface area contributed by atoms with E-state index in [4.69, 9.17) is 4.74 Å². The van der Waals surface area contributed by atoms with Crippen LogP contribution in [0.5, 0.6) is 5.75 Å². The fourth-order valence-corrected chi connectivity index (χ4v) is 2.99. The van der Waals surface area contributed by atoms with Crippen LogP contribution >= 0.6 is 0 Å². The number of hydrogen-bond donors (Lipinski definition) is 1. The second kappa shape index (κ2) is 5.83. The number of aliphatic hydroxyl groups is 1. The van der Waals surface area contributed by atoms with E-state index in [2.05, 4.69) is 12.1 Å². The Kier molecular flexibility index (Phi) is 3.92. The van der Waals surface area contributed by atoms with Gasteiger partial charge in [-0.05, 0) is 55.4 Å². The Labute approximate surface area is 119 Å². The zero-order valence-corrected chi connectivity index (χ0v) is 11.7. The molecule has 1 amide bonds. The molecule has 1 fully saturated rings. The van der Waals surface area contributed by atoms with Gasteiger partial charge in [0.2, 0.25) is 0 Å². The van der Waals surface area contributed by atoms with Gasteiger partial charge in [0.15, 0.2) is 6.61 Å². The van der Waals surface area contributed by atoms with Crippen molar-refractivity contribution < 1.29 is 14.6 Å². The molecule has 0 unspecified atom stereocenters. The van der Waals surface area contributed by atoms with Crippen LogP contribution in [0.1, 0.15) is 30.4 Å². The van der Waals surface area contributed by atoms with Crippen LogP contribution in [0, 0.1) is 0 Å². The third kappa shape index (κ3) is 2.96. The molecular formula is C16H21NO3. The molecule has 108 valence electrons. The minimum absolute atomic E-state index is 0.0115. The molecule has 0 spiro atoms. The van der Waals surface area contributed by atoms with E-state index in [-0.39, 0.29) is 18.6 Å². The predicted molar refractivity (Wildman–Crippen MR) is 75.8 cm³/mol. The van der Waals surface area contributed by atoms with Gasteiger partial charge >= 0.3 is 0 Å². The average molecular weight is 275 g/mol. The minimum Gasteiger partial charge on any atom is -0.484 e. The standard InChI is InChI=1S/C16H21NO3/c18-14-6-8-17(9-7-14)16(19)11-20-15-5-4-12-2-1-3-13(12)10-15/h4-5,10,14,18H,1-3,6-9,11H2. The molecule has 1 heterocycles. The van der Waals surface area contributed by atoms with E-state index in [1.165, 1.54) is 17.5 Å². The van der Waals surface area contributed by atoms with Gasteiger partial charge in [-0.2, -0.15) is 0 Å². The molecule has 0 bridgehead atoms. The Balaban J connectivity index is 1.53. The summed E-state index contributed by atoms with van der Waals surface area (Å²) in [6.45, 7) is 1.36. The van der Waals surface area contributed by atoms with Crippen LogP contribution in [-0.4, -0.2) is 41.7 Å². The molecule has 1 saturated heterocycles. The van der Waals surface area contributed by atoms with Crippen molar-refractivity contribution in [3.63, 3.8) is 0 Å². The first-order valence-electron chi connectivity index (χ1n) is 7.43. The molecule has 4 nitrogen and oxygen atoms in total. The van der Waals surface area contributed by atoms with Crippen molar-refractivity contribution in [2.24, 2.45) is 0 Å². The molecule has 2 aliphatic rings. The van der Waals surface area contributed by atoms with E-state index in [1.54, 1.807) is 4.90 Å². The Morgan fingerprint density at radius 1 is 1.25 bits per heavy atom. The number of likely N-dealkylation sites (tertiary alicyclic amines) is 1. The number of fused-ring (bicyclic) bond motifs is 1. The smallest absolute Gasteiger partial charge is 0.260 e. The van der Waals surface area contributed by atoms with Crippen LogP contribution in [0.3, 0.4) is 0 Å². The van der Waals surface area contributed by atoms with E-state index in [1.807, 2.05) is 6.07 Å². The van der Waals surface area contributed by atoms with Crippen molar-refractivity contribution in [1.29, 1.82) is 0 Å². The minimum atomic E-state index is -0.253. The fourth-order valence-electron chi connectivity index (χ4n) is 2.99. The molecule has 3 rings (SSSR count). The summed E-state index contributed by atoms with van der Waals surface area (Å²) < 4.78 is 5.62. The number of aliphatic hydroxyl groups excluding tert-OH is 1. The molecule has 0 atom stereocenters. The summed E-state index contributed by atoms with van der Waals surface area (Å²) in [6, 6.07) is 6.13. The van der Waals surface area contributed by atoms with Gasteiger partial charge in [0.25, 0.3) is 5.91 Å². The topological polar surface area (TPSA) is 49.8 Å². The van der Waals surface area contributed by atoms with Crippen molar-refractivity contribution in [3.8, 4) is 5.75 Å². The van der Waals surface area contributed by atoms with Crippen LogP contribution in [0.25, 0.3) is 0 Å². The fraction of sp³-hybridized carbons (Fsp3) is 0.562. The van der Waals surface area contributed by atoms with Gasteiger partial charge in [0, 0.05) is 13.1 Å². The SMILES string of the molecule is O=C(COc1ccc2c(c1)CCC2)N1CCC(O)CC1. The highest BCUT2D eigenvalue weighted by molar-refractivity contribution is 5.77. The number of hydrogen-bond acceptors (Lipinski definition) is 3. The lowest BCUT2D eigenvalue weighted by molar-refractivity contribution is -0.135. The molecule has 1 aliphatic carbocycles. The molecule has 1 aromatic carbocycles. The second-order valence-corrected chi connectivity index (χ2v) is 5.68. The lowest BCUT2D eigenvalue weighted by atomic mass is 10.1. The molecule has 0 radical (unpaired) electrons. The summed E-state index contributed by atoms with van der Waals surface area (Å²) in [4.78, 5) is 13.8. The van der Waals surface area contributed by atoms with Gasteiger partial charge in [-0.1, -0.05) is 6.07 Å². The number of piperidine rings is 1. The number of amides is 1. The van der Waals surface area contributed by atoms with Crippen LogP contribution in [0.4, 0.5) is 0 Å². The molecule has 0 aromatic heterocycles. The van der Waals surface area contributed by atoms with E-state index in [0.29, 0.717) is 25.9 Å². The maximum absolute atomic E-state index is 12.0. The van der Waals surface area contributed by atoms with Crippen molar-refractivity contribution in [3.05, 3.63) is 29.3 Å². The Bertz CT molecular complexity index is 492. The van der Waals surface area contributed by atoms with Crippen molar-refractivity contribution in [2.75, 3.05) is 19.7 Å². The number of ether oxygens (including phenoxy) is 1. The molecule has 1 N–H and O–H groups in total. The third-order valence-electron chi connectivity index (χ3n) is 4.25. The van der Waals surface area contributed by atoms with Gasteiger partial charge in [0.05, 0.1) is 6.10 Å². The van der Waals surface area contributed by atoms with Crippen LogP contribution in [0.15, 0.2) is 18.2 Å². The highest BCUT2D eigenvalue weighted by atomic mass is 16.5. The number of aryl methyl sites for hydroxylation is 2. The molecule has 20 heavy (non-hydrogen) atoms. The summed E-state index contributed by atoms with van der Waals surface area (Å²) in [5.74, 6) is 0.799. The van der Waals surface area contributed by atoms with Gasteiger partial charge < -0.3 is 14.7 Å². The second-order valence-electron chi connectivity index (χ2n) is 5.68. The first kappa shape index (κ1) is 13.4. The molecule has 0 saturated carbocycles. The Morgan fingerprint density at radius 3 is 2.80 bits per heavy atom. The van der Waals surface area contributed by atoms with E-state index in [0.717, 1.165) is 18.6 Å². The molecular weight excluding hydrogens is 254 g/mol. The lowest BCUT2D eigenvalue weighted by Gasteiger charge is -2.29. The number of carbonyl (C=O) groups is 1. The summed E-state index contributed by atoms with van der Waals surface area (Å²) in [7, 11) is 0. The average Bonchev–Trinajstić information content (AvgIpc) is 2.93. The van der Waals surface area contributed by atoms with Gasteiger partial charge in [-0.3, -0.25) is 4.79 Å². The highest BCUT2D eigenvalue weighted by Crippen LogP contribution is 2.26. The van der Waals surface area contributed by atoms with Gasteiger partial charge in [0.1, 0.15) is 5.75 Å². The predicted octanol–water partition coefficient (Wildman–Crippen LogP) is 1.54. The summed E-state index contributed by atoms with van der Waals surface area (Å²) in [6.07, 6.45) is 4.58. The number of rotatable bonds is 3. The maximum Gasteiger partial charge on any atom is 0.260 e. The molecule has 4 heteroatoms. The largest absolute Gasteiger partial charge is 0.484 e. The first-order valence-corrected chi connectivity index (χ1v) is 7.43. The van der Waals surface area contributed by atoms with Crippen LogP contribution in [0.2, 0.25) is 0 Å². The Hall–Kier alpha value is -1.55. The highest BCUT2D eigenvalue weighted by Gasteiger charge is 2.21. The van der Waals surface area contributed by atoms with E-state index >= 15 is 0 Å². The zero-order chi connectivity index (χ0) is 13.9. The van der Waals surface area contributed by atoms with E-state index < -0.39 is 0 Å². The molecule has 1 aromatic rings. The number of nitrogens with zero attached hydrogens (tertiary/aromatic N) is 1. The third-order valence-corrected chi connectivity index (χ3v) is 4.25. The summed E-state index contributed by atoms with van der Waals surface area (Å²) in [5, 5.41) is 9.44. The zero-order valence-electron chi connectivity index (χ0n) is 11.7. The normalized spacial score (nSPS) is 18.9. The van der Waals surface area contributed by atoms with Crippen LogP contribution in [-0.2, 0) is 17.6 Å². The van der Waals surface area contributed by atoms with E-state index in [9.17, 15) is 9.90 Å². The number of carbonyl (C=O) groups excluding carboxylic acids is 1. The monoisotopic (exact) mass is 275 g/mol. The molecule has 1 aliphatic heterocycles. The van der Waals surface area contributed by atoms with Crippen molar-refractivity contribution >= 4 is 5.91 Å². The van der Waals surface area contributed by atoms with Gasteiger partial charge in [-0.25, -0.2) is 0 Å². The summed E-state index contributed by atoms with van der Waals surface area (Å²) in [5.41, 5.74) is 2.77. The van der Waals surface area contributed by atoms with Crippen molar-refractivity contribution in [1.82, 2.24) is 4.90 Å². The van der Waals surface area contributed by atoms with Crippen molar-refractivity contribution in [2.45, 2.75) is 38.2 Å². The lowest BCUT2D eigenvalue weighted by Crippen LogP contribution is -2.42.